The van der Waals surface area contributed by atoms with Crippen molar-refractivity contribution in [3.8, 4) is 11.4 Å². The maximum atomic E-state index is 12.9. The molecular formula is C13H14FN3. The van der Waals surface area contributed by atoms with Gasteiger partial charge >= 0.3 is 0 Å². The molecule has 1 aliphatic heterocycles. The molecule has 1 unspecified atom stereocenters. The van der Waals surface area contributed by atoms with Gasteiger partial charge in [0.1, 0.15) is 11.6 Å². The molecule has 0 amide bonds. The van der Waals surface area contributed by atoms with Gasteiger partial charge in [-0.3, -0.25) is 0 Å². The number of halogens is 1. The van der Waals surface area contributed by atoms with E-state index in [4.69, 9.17) is 5.73 Å². The summed E-state index contributed by atoms with van der Waals surface area (Å²) in [5.41, 5.74) is 8.05. The Morgan fingerprint density at radius 1 is 1.29 bits per heavy atom. The van der Waals surface area contributed by atoms with Crippen molar-refractivity contribution in [3.63, 3.8) is 0 Å². The van der Waals surface area contributed by atoms with Crippen molar-refractivity contribution in [3.05, 3.63) is 42.0 Å². The van der Waals surface area contributed by atoms with Crippen LogP contribution < -0.4 is 5.73 Å². The van der Waals surface area contributed by atoms with Crippen molar-refractivity contribution < 1.29 is 4.39 Å². The number of nitrogens with zero attached hydrogens (tertiary/aromatic N) is 2. The quantitative estimate of drug-likeness (QED) is 0.815. The summed E-state index contributed by atoms with van der Waals surface area (Å²) in [6.07, 6.45) is 3.71. The van der Waals surface area contributed by atoms with E-state index in [-0.39, 0.29) is 11.9 Å². The fourth-order valence-corrected chi connectivity index (χ4v) is 2.32. The van der Waals surface area contributed by atoms with E-state index in [1.807, 2.05) is 6.20 Å². The third-order valence-electron chi connectivity index (χ3n) is 3.24. The molecule has 88 valence electrons. The molecule has 0 saturated heterocycles. The first-order valence-electron chi connectivity index (χ1n) is 5.80. The maximum absolute atomic E-state index is 12.9. The lowest BCUT2D eigenvalue weighted by molar-refractivity contribution is 0.474. The van der Waals surface area contributed by atoms with Gasteiger partial charge in [-0.25, -0.2) is 9.37 Å². The average molecular weight is 231 g/mol. The van der Waals surface area contributed by atoms with Crippen LogP contribution in [0.25, 0.3) is 11.4 Å². The number of rotatable bonds is 1. The Morgan fingerprint density at radius 3 is 2.82 bits per heavy atom. The molecule has 0 spiro atoms. The largest absolute Gasteiger partial charge is 0.328 e. The maximum Gasteiger partial charge on any atom is 0.140 e. The highest BCUT2D eigenvalue weighted by Crippen LogP contribution is 2.24. The summed E-state index contributed by atoms with van der Waals surface area (Å²) in [7, 11) is 0. The molecule has 1 aromatic heterocycles. The van der Waals surface area contributed by atoms with Crippen LogP contribution in [-0.4, -0.2) is 15.6 Å². The Kier molecular flexibility index (Phi) is 2.44. The highest BCUT2D eigenvalue weighted by molar-refractivity contribution is 5.56. The van der Waals surface area contributed by atoms with Crippen LogP contribution in [0.5, 0.6) is 0 Å². The van der Waals surface area contributed by atoms with Crippen LogP contribution in [-0.2, 0) is 13.0 Å². The normalized spacial score (nSPS) is 19.1. The number of aromatic nitrogens is 2. The molecule has 2 N–H and O–H groups in total. The van der Waals surface area contributed by atoms with Crippen LogP contribution >= 0.6 is 0 Å². The summed E-state index contributed by atoms with van der Waals surface area (Å²) >= 11 is 0. The lowest BCUT2D eigenvalue weighted by Crippen LogP contribution is -2.30. The van der Waals surface area contributed by atoms with Crippen LogP contribution in [0.2, 0.25) is 0 Å². The second kappa shape index (κ2) is 3.96. The zero-order chi connectivity index (χ0) is 11.8. The molecule has 1 atom stereocenters. The number of imidazole rings is 1. The van der Waals surface area contributed by atoms with Gasteiger partial charge in [0.05, 0.1) is 0 Å². The van der Waals surface area contributed by atoms with E-state index in [1.165, 1.54) is 17.8 Å². The monoisotopic (exact) mass is 231 g/mol. The summed E-state index contributed by atoms with van der Waals surface area (Å²) in [6, 6.07) is 6.69. The number of hydrogen-bond donors (Lipinski definition) is 1. The number of hydrogen-bond acceptors (Lipinski definition) is 2. The van der Waals surface area contributed by atoms with Crippen molar-refractivity contribution in [2.24, 2.45) is 5.73 Å². The summed E-state index contributed by atoms with van der Waals surface area (Å²) in [5.74, 6) is 0.688. The van der Waals surface area contributed by atoms with E-state index in [9.17, 15) is 4.39 Å². The minimum Gasteiger partial charge on any atom is -0.328 e. The Bertz CT molecular complexity index is 530. The van der Waals surface area contributed by atoms with Gasteiger partial charge in [-0.1, -0.05) is 0 Å². The average Bonchev–Trinajstić information content (AvgIpc) is 2.73. The topological polar surface area (TPSA) is 43.8 Å². The molecule has 0 aliphatic carbocycles. The van der Waals surface area contributed by atoms with Crippen molar-refractivity contribution in [1.29, 1.82) is 0 Å². The van der Waals surface area contributed by atoms with Crippen LogP contribution in [0.4, 0.5) is 4.39 Å². The second-order valence-corrected chi connectivity index (χ2v) is 4.48. The fourth-order valence-electron chi connectivity index (χ4n) is 2.32. The molecule has 2 aromatic rings. The first-order chi connectivity index (χ1) is 8.24. The second-order valence-electron chi connectivity index (χ2n) is 4.48. The van der Waals surface area contributed by atoms with Crippen LogP contribution in [0.15, 0.2) is 30.5 Å². The lowest BCUT2D eigenvalue weighted by Gasteiger charge is -2.21. The third kappa shape index (κ3) is 1.85. The zero-order valence-electron chi connectivity index (χ0n) is 9.44. The summed E-state index contributed by atoms with van der Waals surface area (Å²) < 4.78 is 15.1. The molecule has 3 nitrogen and oxygen atoms in total. The predicted molar refractivity (Wildman–Crippen MR) is 63.9 cm³/mol. The summed E-state index contributed by atoms with van der Waals surface area (Å²) in [5, 5.41) is 0. The zero-order valence-corrected chi connectivity index (χ0v) is 9.44. The van der Waals surface area contributed by atoms with Crippen LogP contribution in [0, 0.1) is 5.82 Å². The van der Waals surface area contributed by atoms with E-state index >= 15 is 0 Å². The molecule has 0 radical (unpaired) electrons. The molecule has 2 heterocycles. The van der Waals surface area contributed by atoms with Gasteiger partial charge in [0.15, 0.2) is 0 Å². The first-order valence-corrected chi connectivity index (χ1v) is 5.80. The Balaban J connectivity index is 2.02. The van der Waals surface area contributed by atoms with E-state index in [2.05, 4.69) is 9.55 Å². The van der Waals surface area contributed by atoms with Gasteiger partial charge in [0.25, 0.3) is 0 Å². The molecule has 0 fully saturated rings. The van der Waals surface area contributed by atoms with Gasteiger partial charge in [-0.05, 0) is 30.7 Å². The van der Waals surface area contributed by atoms with Crippen molar-refractivity contribution >= 4 is 0 Å². The molecule has 3 rings (SSSR count). The molecule has 0 bridgehead atoms. The van der Waals surface area contributed by atoms with Crippen LogP contribution in [0.1, 0.15) is 12.1 Å². The highest BCUT2D eigenvalue weighted by atomic mass is 19.1. The van der Waals surface area contributed by atoms with Gasteiger partial charge in [-0.2, -0.15) is 0 Å². The lowest BCUT2D eigenvalue weighted by atomic mass is 10.1. The SMILES string of the molecule is NC1CCn2c(cnc2-c2ccc(F)cc2)C1. The number of nitrogens with two attached hydrogens (primary N) is 1. The molecule has 1 aromatic carbocycles. The summed E-state index contributed by atoms with van der Waals surface area (Å²) in [6.45, 7) is 0.892. The van der Waals surface area contributed by atoms with E-state index < -0.39 is 0 Å². The molecule has 0 saturated carbocycles. The predicted octanol–water partition coefficient (Wildman–Crippen LogP) is 1.96. The Labute approximate surface area is 99.1 Å². The van der Waals surface area contributed by atoms with Crippen LogP contribution in [0.3, 0.4) is 0 Å². The fraction of sp³-hybridized carbons (Fsp3) is 0.308. The van der Waals surface area contributed by atoms with Crippen molar-refractivity contribution in [1.82, 2.24) is 9.55 Å². The number of fused-ring (bicyclic) bond motifs is 1. The van der Waals surface area contributed by atoms with Gasteiger partial charge in [0, 0.05) is 36.5 Å². The van der Waals surface area contributed by atoms with E-state index in [0.29, 0.717) is 0 Å². The highest BCUT2D eigenvalue weighted by Gasteiger charge is 2.19. The number of benzene rings is 1. The minimum atomic E-state index is -0.221. The Hall–Kier alpha value is -1.68. The van der Waals surface area contributed by atoms with Gasteiger partial charge in [0.2, 0.25) is 0 Å². The molecular weight excluding hydrogens is 217 g/mol. The van der Waals surface area contributed by atoms with E-state index in [1.54, 1.807) is 12.1 Å². The van der Waals surface area contributed by atoms with Crippen molar-refractivity contribution in [2.45, 2.75) is 25.4 Å². The van der Waals surface area contributed by atoms with E-state index in [0.717, 1.165) is 30.8 Å². The summed E-state index contributed by atoms with van der Waals surface area (Å²) in [4.78, 5) is 4.42. The smallest absolute Gasteiger partial charge is 0.140 e. The van der Waals surface area contributed by atoms with Gasteiger partial charge < -0.3 is 10.3 Å². The molecule has 1 aliphatic rings. The molecule has 17 heavy (non-hydrogen) atoms. The first kappa shape index (κ1) is 10.5. The molecule has 4 heteroatoms. The van der Waals surface area contributed by atoms with Crippen molar-refractivity contribution in [2.75, 3.05) is 0 Å². The van der Waals surface area contributed by atoms with Gasteiger partial charge in [-0.15, -0.1) is 0 Å². The third-order valence-corrected chi connectivity index (χ3v) is 3.24. The minimum absolute atomic E-state index is 0.221. The standard InChI is InChI=1S/C13H14FN3/c14-10-3-1-9(2-4-10)13-16-8-12-7-11(15)5-6-17(12)13/h1-4,8,11H,5-7,15H2. The Morgan fingerprint density at radius 2 is 2.06 bits per heavy atom.